The molecule has 0 aliphatic carbocycles. The Hall–Kier alpha value is -0.900. The number of nitrogens with one attached hydrogen (secondary N) is 1. The minimum Gasteiger partial charge on any atom is -0.394 e. The van der Waals surface area contributed by atoms with Gasteiger partial charge < -0.3 is 35.2 Å². The van der Waals surface area contributed by atoms with Crippen LogP contribution in [0.5, 0.6) is 0 Å². The molecular formula is C52H103NO11S. The van der Waals surface area contributed by atoms with E-state index in [2.05, 4.69) is 23.3 Å². The molecule has 12 nitrogen and oxygen atoms in total. The van der Waals surface area contributed by atoms with Gasteiger partial charge in [-0.25, -0.2) is 4.18 Å². The number of aliphatic hydroxyl groups excluding tert-OH is 4. The van der Waals surface area contributed by atoms with Crippen molar-refractivity contribution in [1.82, 2.24) is 5.32 Å². The Morgan fingerprint density at radius 2 is 0.892 bits per heavy atom. The molecule has 1 saturated heterocycles. The first-order valence-electron chi connectivity index (χ1n) is 27.4. The largest absolute Gasteiger partial charge is 0.397 e. The van der Waals surface area contributed by atoms with Crippen LogP contribution in [0.3, 0.4) is 0 Å². The highest BCUT2D eigenvalue weighted by atomic mass is 32.3. The third-order valence-corrected chi connectivity index (χ3v) is 13.9. The van der Waals surface area contributed by atoms with Crippen molar-refractivity contribution in [3.05, 3.63) is 0 Å². The van der Waals surface area contributed by atoms with E-state index in [1.807, 2.05) is 0 Å². The van der Waals surface area contributed by atoms with Gasteiger partial charge in [0.05, 0.1) is 25.4 Å². The fourth-order valence-corrected chi connectivity index (χ4v) is 9.68. The van der Waals surface area contributed by atoms with Crippen LogP contribution in [-0.4, -0.2) is 95.4 Å². The predicted molar refractivity (Wildman–Crippen MR) is 264 cm³/mol. The second-order valence-electron chi connectivity index (χ2n) is 19.5. The van der Waals surface area contributed by atoms with Crippen LogP contribution < -0.4 is 5.32 Å². The molecule has 13 heteroatoms. The van der Waals surface area contributed by atoms with Gasteiger partial charge in [0, 0.05) is 6.42 Å². The van der Waals surface area contributed by atoms with Gasteiger partial charge in [-0.2, -0.15) is 8.42 Å². The van der Waals surface area contributed by atoms with E-state index in [1.165, 1.54) is 193 Å². The minimum atomic E-state index is -5.07. The Balaban J connectivity index is 2.31. The normalized spacial score (nSPS) is 20.0. The van der Waals surface area contributed by atoms with Crippen LogP contribution in [0.15, 0.2) is 0 Å². The van der Waals surface area contributed by atoms with Crippen molar-refractivity contribution in [3.8, 4) is 0 Å². The van der Waals surface area contributed by atoms with Crippen molar-refractivity contribution < 1.29 is 51.8 Å². The number of hydrogen-bond acceptors (Lipinski definition) is 10. The maximum atomic E-state index is 13.1. The molecule has 1 heterocycles. The van der Waals surface area contributed by atoms with Crippen molar-refractivity contribution >= 4 is 16.3 Å². The molecule has 65 heavy (non-hydrogen) atoms. The SMILES string of the molecule is CCCCCCCCCCCCCCCCCCCCCCCCCCCC(=O)NC(COC1OC(CO)C(O)C(OS(=O)(=O)O)C1O)C(O)CCCCCCCCCCCCCCC. The molecule has 1 aliphatic heterocycles. The van der Waals surface area contributed by atoms with Crippen molar-refractivity contribution in [2.45, 2.75) is 314 Å². The number of hydrogen-bond donors (Lipinski definition) is 6. The summed E-state index contributed by atoms with van der Waals surface area (Å²) in [6.45, 7) is 3.48. The minimum absolute atomic E-state index is 0.224. The summed E-state index contributed by atoms with van der Waals surface area (Å²) >= 11 is 0. The van der Waals surface area contributed by atoms with Crippen LogP contribution in [0.1, 0.15) is 271 Å². The zero-order valence-electron chi connectivity index (χ0n) is 41.8. The number of rotatable bonds is 48. The summed E-state index contributed by atoms with van der Waals surface area (Å²) in [4.78, 5) is 13.1. The van der Waals surface area contributed by atoms with E-state index in [0.29, 0.717) is 12.8 Å². The number of carbonyl (C=O) groups excluding carboxylic acids is 1. The molecule has 0 spiro atoms. The predicted octanol–water partition coefficient (Wildman–Crippen LogP) is 12.1. The van der Waals surface area contributed by atoms with Gasteiger partial charge in [0.1, 0.15) is 24.4 Å². The first kappa shape index (κ1) is 62.1. The molecular weight excluding hydrogens is 847 g/mol. The molecule has 0 radical (unpaired) electrons. The first-order chi connectivity index (χ1) is 31.5. The average Bonchev–Trinajstić information content (AvgIpc) is 3.28. The lowest BCUT2D eigenvalue weighted by Gasteiger charge is -2.41. The van der Waals surface area contributed by atoms with E-state index in [-0.39, 0.29) is 12.5 Å². The molecule has 0 bridgehead atoms. The van der Waals surface area contributed by atoms with Crippen molar-refractivity contribution in [2.24, 2.45) is 0 Å². The van der Waals surface area contributed by atoms with Gasteiger partial charge in [0.2, 0.25) is 5.91 Å². The van der Waals surface area contributed by atoms with Crippen LogP contribution in [0, 0.1) is 0 Å². The van der Waals surface area contributed by atoms with Gasteiger partial charge >= 0.3 is 10.4 Å². The van der Waals surface area contributed by atoms with Gasteiger partial charge in [-0.1, -0.05) is 251 Å². The summed E-state index contributed by atoms with van der Waals surface area (Å²) in [5.41, 5.74) is 0. The number of carbonyl (C=O) groups is 1. The summed E-state index contributed by atoms with van der Waals surface area (Å²) in [6.07, 6.45) is 39.7. The second kappa shape index (κ2) is 43.1. The lowest BCUT2D eigenvalue weighted by atomic mass is 9.99. The van der Waals surface area contributed by atoms with Crippen LogP contribution in [0.2, 0.25) is 0 Å². The quantitative estimate of drug-likeness (QED) is 0.0251. The Morgan fingerprint density at radius 3 is 1.23 bits per heavy atom. The van der Waals surface area contributed by atoms with Crippen molar-refractivity contribution in [2.75, 3.05) is 13.2 Å². The van der Waals surface area contributed by atoms with Gasteiger partial charge in [-0.3, -0.25) is 9.35 Å². The average molecular weight is 950 g/mol. The Bertz CT molecular complexity index is 1160. The first-order valence-corrected chi connectivity index (χ1v) is 28.8. The van der Waals surface area contributed by atoms with Crippen LogP contribution in [0.4, 0.5) is 0 Å². The number of amides is 1. The molecule has 7 unspecified atom stereocenters. The smallest absolute Gasteiger partial charge is 0.394 e. The molecule has 388 valence electrons. The highest BCUT2D eigenvalue weighted by molar-refractivity contribution is 7.80. The molecule has 1 fully saturated rings. The number of aliphatic hydroxyl groups is 4. The highest BCUT2D eigenvalue weighted by Gasteiger charge is 2.48. The lowest BCUT2D eigenvalue weighted by Crippen LogP contribution is -2.61. The Kier molecular flexibility index (Phi) is 41.2. The van der Waals surface area contributed by atoms with Gasteiger partial charge in [0.25, 0.3) is 0 Å². The van der Waals surface area contributed by atoms with Crippen LogP contribution in [0.25, 0.3) is 0 Å². The van der Waals surface area contributed by atoms with E-state index < -0.39 is 59.9 Å². The topological polar surface area (TPSA) is 192 Å². The van der Waals surface area contributed by atoms with E-state index in [9.17, 15) is 38.2 Å². The standard InChI is InChI=1S/C52H103NO11S/c1-3-5-7-9-11-13-15-17-18-19-20-21-22-23-24-25-26-27-28-30-32-34-36-38-40-42-48(56)53-45(46(55)41-39-37-35-33-31-29-16-14-12-10-8-6-4-2)44-62-52-50(58)51(64-65(59,60)61)49(57)47(43-54)63-52/h45-47,49-52,54-55,57-58H,3-44H2,1-2H3,(H,53,56)(H,59,60,61). The third kappa shape index (κ3) is 35.8. The van der Waals surface area contributed by atoms with Crippen LogP contribution >= 0.6 is 0 Å². The highest BCUT2D eigenvalue weighted by Crippen LogP contribution is 2.26. The maximum Gasteiger partial charge on any atom is 0.397 e. The second-order valence-corrected chi connectivity index (χ2v) is 20.6. The lowest BCUT2D eigenvalue weighted by molar-refractivity contribution is -0.298. The summed E-state index contributed by atoms with van der Waals surface area (Å²) in [7, 11) is -5.07. The Morgan fingerprint density at radius 1 is 0.554 bits per heavy atom. The molecule has 1 aliphatic rings. The van der Waals surface area contributed by atoms with E-state index >= 15 is 0 Å². The fraction of sp³-hybridized carbons (Fsp3) is 0.981. The Labute approximate surface area is 398 Å². The molecule has 7 atom stereocenters. The zero-order chi connectivity index (χ0) is 47.6. The van der Waals surface area contributed by atoms with E-state index in [4.69, 9.17) is 9.47 Å². The fourth-order valence-electron chi connectivity index (χ4n) is 9.17. The summed E-state index contributed by atoms with van der Waals surface area (Å²) in [5, 5.41) is 45.0. The molecule has 0 aromatic heterocycles. The molecule has 0 saturated carbocycles. The molecule has 1 amide bonds. The van der Waals surface area contributed by atoms with E-state index in [1.54, 1.807) is 0 Å². The zero-order valence-corrected chi connectivity index (χ0v) is 42.7. The monoisotopic (exact) mass is 950 g/mol. The third-order valence-electron chi connectivity index (χ3n) is 13.4. The molecule has 0 aromatic rings. The number of ether oxygens (including phenoxy) is 2. The van der Waals surface area contributed by atoms with Crippen molar-refractivity contribution in [1.29, 1.82) is 0 Å². The van der Waals surface area contributed by atoms with Gasteiger partial charge in [-0.05, 0) is 12.8 Å². The summed E-state index contributed by atoms with van der Waals surface area (Å²) in [5.74, 6) is -0.224. The molecule has 1 rings (SSSR count). The molecule has 0 aromatic carbocycles. The summed E-state index contributed by atoms with van der Waals surface area (Å²) < 4.78 is 47.8. The molecule has 6 N–H and O–H groups in total. The maximum absolute atomic E-state index is 13.1. The van der Waals surface area contributed by atoms with Gasteiger partial charge in [0.15, 0.2) is 6.29 Å². The van der Waals surface area contributed by atoms with Crippen molar-refractivity contribution in [3.63, 3.8) is 0 Å². The van der Waals surface area contributed by atoms with Gasteiger partial charge in [-0.15, -0.1) is 0 Å². The van der Waals surface area contributed by atoms with Crippen LogP contribution in [-0.2, 0) is 28.9 Å². The van der Waals surface area contributed by atoms with E-state index in [0.717, 1.165) is 51.4 Å². The summed E-state index contributed by atoms with van der Waals surface area (Å²) in [6, 6.07) is -0.852. The number of unbranched alkanes of at least 4 members (excludes halogenated alkanes) is 36.